The summed E-state index contributed by atoms with van der Waals surface area (Å²) in [5.41, 5.74) is 0. The molecule has 1 aliphatic heterocycles. The molecule has 0 bridgehead atoms. The minimum absolute atomic E-state index is 0.895. The van der Waals surface area contributed by atoms with Crippen LogP contribution >= 0.6 is 0 Å². The lowest BCUT2D eigenvalue weighted by atomic mass is 10.1. The monoisotopic (exact) mass is 142 g/mol. The van der Waals surface area contributed by atoms with Gasteiger partial charge in [0.1, 0.15) is 0 Å². The van der Waals surface area contributed by atoms with Gasteiger partial charge in [0, 0.05) is 0 Å². The van der Waals surface area contributed by atoms with Gasteiger partial charge in [0.15, 0.2) is 0 Å². The molecule has 1 aliphatic rings. The largest absolute Gasteiger partial charge is 0.316 e. The van der Waals surface area contributed by atoms with Gasteiger partial charge < -0.3 is 10.6 Å². The van der Waals surface area contributed by atoms with Crippen molar-refractivity contribution >= 4 is 0 Å². The Balaban J connectivity index is 1.91. The summed E-state index contributed by atoms with van der Waals surface area (Å²) in [6, 6.07) is 0. The van der Waals surface area contributed by atoms with Crippen molar-refractivity contribution in [2.24, 2.45) is 5.92 Å². The van der Waals surface area contributed by atoms with Crippen LogP contribution in [-0.2, 0) is 0 Å². The fourth-order valence-electron chi connectivity index (χ4n) is 1.37. The molecule has 0 aromatic heterocycles. The number of hydrogen-bond donors (Lipinski definition) is 2. The van der Waals surface area contributed by atoms with Gasteiger partial charge in [-0.3, -0.25) is 0 Å². The molecular weight excluding hydrogens is 124 g/mol. The van der Waals surface area contributed by atoms with E-state index < -0.39 is 0 Å². The van der Waals surface area contributed by atoms with Gasteiger partial charge in [-0.25, -0.2) is 0 Å². The van der Waals surface area contributed by atoms with Crippen LogP contribution < -0.4 is 10.6 Å². The van der Waals surface area contributed by atoms with E-state index in [1.165, 1.54) is 39.0 Å². The number of hydrogen-bond acceptors (Lipinski definition) is 2. The molecule has 0 aliphatic carbocycles. The van der Waals surface area contributed by atoms with Crippen LogP contribution in [0.25, 0.3) is 0 Å². The standard InChI is InChI=1S/C8H18N2/c1-2-4-9-6-8-3-5-10-7-8/h8-10H,2-7H2,1H3/t8-/m0/s1. The van der Waals surface area contributed by atoms with Crippen LogP contribution in [-0.4, -0.2) is 26.2 Å². The first-order chi connectivity index (χ1) is 4.93. The molecule has 0 saturated carbocycles. The molecule has 2 heteroatoms. The fourth-order valence-corrected chi connectivity index (χ4v) is 1.37. The van der Waals surface area contributed by atoms with Crippen LogP contribution in [0.15, 0.2) is 0 Å². The lowest BCUT2D eigenvalue weighted by Crippen LogP contribution is -2.24. The van der Waals surface area contributed by atoms with E-state index in [-0.39, 0.29) is 0 Å². The van der Waals surface area contributed by atoms with Crippen molar-refractivity contribution in [3.05, 3.63) is 0 Å². The number of nitrogens with one attached hydrogen (secondary N) is 2. The maximum Gasteiger partial charge on any atom is -0.000790 e. The summed E-state index contributed by atoms with van der Waals surface area (Å²) in [4.78, 5) is 0. The molecule has 0 aromatic rings. The summed E-state index contributed by atoms with van der Waals surface area (Å²) in [6.45, 7) is 7.03. The van der Waals surface area contributed by atoms with E-state index in [1.807, 2.05) is 0 Å². The van der Waals surface area contributed by atoms with Crippen molar-refractivity contribution in [3.63, 3.8) is 0 Å². The average molecular weight is 142 g/mol. The molecule has 1 heterocycles. The van der Waals surface area contributed by atoms with Gasteiger partial charge in [-0.1, -0.05) is 6.92 Å². The quantitative estimate of drug-likeness (QED) is 0.562. The second kappa shape index (κ2) is 4.69. The summed E-state index contributed by atoms with van der Waals surface area (Å²) in [5.74, 6) is 0.895. The van der Waals surface area contributed by atoms with Crippen LogP contribution in [0.4, 0.5) is 0 Å². The molecule has 0 amide bonds. The van der Waals surface area contributed by atoms with E-state index in [9.17, 15) is 0 Å². The smallest absolute Gasteiger partial charge is 0.000790 e. The summed E-state index contributed by atoms with van der Waals surface area (Å²) < 4.78 is 0. The molecule has 1 fully saturated rings. The molecule has 0 aromatic carbocycles. The maximum absolute atomic E-state index is 3.44. The fraction of sp³-hybridized carbons (Fsp3) is 1.00. The normalized spacial score (nSPS) is 25.5. The van der Waals surface area contributed by atoms with Gasteiger partial charge >= 0.3 is 0 Å². The van der Waals surface area contributed by atoms with Crippen molar-refractivity contribution < 1.29 is 0 Å². The van der Waals surface area contributed by atoms with Gasteiger partial charge in [-0.15, -0.1) is 0 Å². The number of rotatable bonds is 4. The minimum Gasteiger partial charge on any atom is -0.316 e. The molecule has 1 atom stereocenters. The zero-order valence-corrected chi connectivity index (χ0v) is 6.82. The predicted molar refractivity (Wildman–Crippen MR) is 44.1 cm³/mol. The van der Waals surface area contributed by atoms with E-state index >= 15 is 0 Å². The van der Waals surface area contributed by atoms with Crippen molar-refractivity contribution in [2.75, 3.05) is 26.2 Å². The zero-order valence-electron chi connectivity index (χ0n) is 6.82. The van der Waals surface area contributed by atoms with E-state index in [0.717, 1.165) is 5.92 Å². The molecule has 0 unspecified atom stereocenters. The SMILES string of the molecule is CCCNC[C@@H]1CCNC1. The average Bonchev–Trinajstić information content (AvgIpc) is 2.41. The molecule has 10 heavy (non-hydrogen) atoms. The summed E-state index contributed by atoms with van der Waals surface area (Å²) in [6.07, 6.45) is 2.61. The lowest BCUT2D eigenvalue weighted by Gasteiger charge is -2.07. The van der Waals surface area contributed by atoms with Gasteiger partial charge in [0.05, 0.1) is 0 Å². The summed E-state index contributed by atoms with van der Waals surface area (Å²) >= 11 is 0. The third-order valence-electron chi connectivity index (χ3n) is 2.02. The van der Waals surface area contributed by atoms with Crippen molar-refractivity contribution in [1.82, 2.24) is 10.6 Å². The van der Waals surface area contributed by atoms with E-state index in [2.05, 4.69) is 17.6 Å². The van der Waals surface area contributed by atoms with Crippen LogP contribution in [0.5, 0.6) is 0 Å². The topological polar surface area (TPSA) is 24.1 Å². The Morgan fingerprint density at radius 3 is 3.10 bits per heavy atom. The first-order valence-corrected chi connectivity index (χ1v) is 4.35. The molecule has 1 saturated heterocycles. The first-order valence-electron chi connectivity index (χ1n) is 4.35. The summed E-state index contributed by atoms with van der Waals surface area (Å²) in [5, 5.41) is 6.80. The Hall–Kier alpha value is -0.0800. The van der Waals surface area contributed by atoms with E-state index in [0.29, 0.717) is 0 Å². The zero-order chi connectivity index (χ0) is 7.23. The highest BCUT2D eigenvalue weighted by Gasteiger charge is 2.12. The Labute approximate surface area is 63.4 Å². The van der Waals surface area contributed by atoms with Crippen molar-refractivity contribution in [3.8, 4) is 0 Å². The molecule has 60 valence electrons. The van der Waals surface area contributed by atoms with Crippen LogP contribution in [0.2, 0.25) is 0 Å². The van der Waals surface area contributed by atoms with Crippen LogP contribution in [0.1, 0.15) is 19.8 Å². The van der Waals surface area contributed by atoms with Crippen molar-refractivity contribution in [2.45, 2.75) is 19.8 Å². The lowest BCUT2D eigenvalue weighted by molar-refractivity contribution is 0.512. The Kier molecular flexibility index (Phi) is 3.76. The Bertz CT molecular complexity index is 77.3. The first kappa shape index (κ1) is 8.02. The van der Waals surface area contributed by atoms with Crippen LogP contribution in [0, 0.1) is 5.92 Å². The van der Waals surface area contributed by atoms with Crippen molar-refractivity contribution in [1.29, 1.82) is 0 Å². The van der Waals surface area contributed by atoms with Gasteiger partial charge in [-0.05, 0) is 44.9 Å². The minimum atomic E-state index is 0.895. The molecular formula is C8H18N2. The highest BCUT2D eigenvalue weighted by Crippen LogP contribution is 2.04. The predicted octanol–water partition coefficient (Wildman–Crippen LogP) is 0.595. The second-order valence-electron chi connectivity index (χ2n) is 3.06. The molecule has 0 radical (unpaired) electrons. The van der Waals surface area contributed by atoms with E-state index in [1.54, 1.807) is 0 Å². The summed E-state index contributed by atoms with van der Waals surface area (Å²) in [7, 11) is 0. The molecule has 0 spiro atoms. The third-order valence-corrected chi connectivity index (χ3v) is 2.02. The highest BCUT2D eigenvalue weighted by atomic mass is 14.9. The van der Waals surface area contributed by atoms with Gasteiger partial charge in [0.2, 0.25) is 0 Å². The van der Waals surface area contributed by atoms with Crippen LogP contribution in [0.3, 0.4) is 0 Å². The molecule has 2 N–H and O–H groups in total. The highest BCUT2D eigenvalue weighted by molar-refractivity contribution is 4.72. The maximum atomic E-state index is 3.44. The van der Waals surface area contributed by atoms with Gasteiger partial charge in [0.25, 0.3) is 0 Å². The Morgan fingerprint density at radius 1 is 1.60 bits per heavy atom. The Morgan fingerprint density at radius 2 is 2.50 bits per heavy atom. The van der Waals surface area contributed by atoms with E-state index in [4.69, 9.17) is 0 Å². The second-order valence-corrected chi connectivity index (χ2v) is 3.06. The molecule has 2 nitrogen and oxygen atoms in total. The third kappa shape index (κ3) is 2.67. The molecule has 1 rings (SSSR count). The van der Waals surface area contributed by atoms with Gasteiger partial charge in [-0.2, -0.15) is 0 Å².